The molecule has 0 fully saturated rings. The summed E-state index contributed by atoms with van der Waals surface area (Å²) in [5.74, 6) is 1.03. The first kappa shape index (κ1) is 29.8. The van der Waals surface area contributed by atoms with Crippen molar-refractivity contribution in [1.29, 1.82) is 0 Å². The summed E-state index contributed by atoms with van der Waals surface area (Å²) in [6.07, 6.45) is 3.65. The second-order valence-electron chi connectivity index (χ2n) is 10.1. The van der Waals surface area contributed by atoms with E-state index >= 15 is 0 Å². The maximum atomic E-state index is 6.23. The fraction of sp³-hybridized carbons (Fsp3) is 0.0789. The molecular weight excluding hydrogens is 707 g/mol. The summed E-state index contributed by atoms with van der Waals surface area (Å²) in [4.78, 5) is 13.6. The summed E-state index contributed by atoms with van der Waals surface area (Å²) in [6.45, 7) is 4.37. The molecule has 0 saturated carbocycles. The SMILES string of the molecule is CC(C)c1ccnc(-c2[c-]c3nc(-c4ccccc4)oc3c(-c3ccccc3)c2)c1.[Ir].[c-]1ccccc1-c1ccccn1. The molecule has 43 heavy (non-hydrogen) atoms. The van der Waals surface area contributed by atoms with Crippen molar-refractivity contribution in [2.24, 2.45) is 0 Å². The Labute approximate surface area is 265 Å². The van der Waals surface area contributed by atoms with Crippen molar-refractivity contribution in [3.63, 3.8) is 0 Å². The Bertz CT molecular complexity index is 1850. The normalized spacial score (nSPS) is 10.6. The molecule has 0 atom stereocenters. The van der Waals surface area contributed by atoms with Gasteiger partial charge in [-0.2, -0.15) is 0 Å². The number of hydrogen-bond acceptors (Lipinski definition) is 4. The summed E-state index contributed by atoms with van der Waals surface area (Å²) < 4.78 is 6.23. The zero-order chi connectivity index (χ0) is 28.7. The maximum absolute atomic E-state index is 6.23. The number of nitrogens with zero attached hydrogens (tertiary/aromatic N) is 3. The number of aromatic nitrogens is 3. The van der Waals surface area contributed by atoms with E-state index in [0.29, 0.717) is 17.3 Å². The molecular formula is C38H29IrN3O-2. The van der Waals surface area contributed by atoms with Crippen LogP contribution in [0, 0.1) is 12.1 Å². The zero-order valence-electron chi connectivity index (χ0n) is 23.9. The number of oxazole rings is 1. The molecule has 0 spiro atoms. The van der Waals surface area contributed by atoms with E-state index in [9.17, 15) is 0 Å². The molecule has 7 rings (SSSR count). The van der Waals surface area contributed by atoms with Gasteiger partial charge in [-0.1, -0.05) is 91.7 Å². The first-order valence-corrected chi connectivity index (χ1v) is 14.0. The van der Waals surface area contributed by atoms with E-state index in [4.69, 9.17) is 9.40 Å². The molecule has 4 aromatic carbocycles. The molecule has 0 saturated heterocycles. The van der Waals surface area contributed by atoms with Gasteiger partial charge in [-0.25, -0.2) is 4.98 Å². The minimum atomic E-state index is 0. The maximum Gasteiger partial charge on any atom is 0.216 e. The van der Waals surface area contributed by atoms with Gasteiger partial charge in [-0.15, -0.1) is 53.6 Å². The van der Waals surface area contributed by atoms with Gasteiger partial charge in [0.2, 0.25) is 5.89 Å². The third kappa shape index (κ3) is 7.03. The smallest absolute Gasteiger partial charge is 0.216 e. The molecule has 1 radical (unpaired) electrons. The number of benzene rings is 4. The van der Waals surface area contributed by atoms with E-state index in [1.807, 2.05) is 97.2 Å². The van der Waals surface area contributed by atoms with E-state index in [1.54, 1.807) is 6.20 Å². The Morgan fingerprint density at radius 3 is 2.02 bits per heavy atom. The van der Waals surface area contributed by atoms with Crippen LogP contribution < -0.4 is 0 Å². The molecule has 4 nitrogen and oxygen atoms in total. The van der Waals surface area contributed by atoms with Crippen molar-refractivity contribution >= 4 is 11.1 Å². The largest absolute Gasteiger partial charge is 0.484 e. The molecule has 5 heteroatoms. The van der Waals surface area contributed by atoms with Crippen molar-refractivity contribution in [2.75, 3.05) is 0 Å². The Morgan fingerprint density at radius 1 is 0.651 bits per heavy atom. The van der Waals surface area contributed by atoms with Crippen molar-refractivity contribution in [2.45, 2.75) is 19.8 Å². The fourth-order valence-corrected chi connectivity index (χ4v) is 4.66. The average Bonchev–Trinajstić information content (AvgIpc) is 3.51. The third-order valence-electron chi connectivity index (χ3n) is 6.90. The van der Waals surface area contributed by atoms with Crippen LogP contribution in [0.2, 0.25) is 0 Å². The predicted octanol–water partition coefficient (Wildman–Crippen LogP) is 9.69. The molecule has 0 unspecified atom stereocenters. The van der Waals surface area contributed by atoms with E-state index in [0.717, 1.165) is 44.8 Å². The Kier molecular flexibility index (Phi) is 9.68. The average molecular weight is 736 g/mol. The summed E-state index contributed by atoms with van der Waals surface area (Å²) >= 11 is 0. The van der Waals surface area contributed by atoms with Gasteiger partial charge in [0.15, 0.2) is 0 Å². The number of fused-ring (bicyclic) bond motifs is 1. The van der Waals surface area contributed by atoms with Crippen molar-refractivity contribution in [3.05, 3.63) is 151 Å². The Balaban J connectivity index is 0.000000238. The summed E-state index contributed by atoms with van der Waals surface area (Å²) in [7, 11) is 0. The molecule has 0 aliphatic carbocycles. The van der Waals surface area contributed by atoms with Crippen LogP contribution in [-0.2, 0) is 20.1 Å². The Hall–Kier alpha value is -4.70. The molecule has 0 bridgehead atoms. The van der Waals surface area contributed by atoms with Gasteiger partial charge >= 0.3 is 0 Å². The number of rotatable bonds is 5. The molecule has 0 amide bonds. The number of pyridine rings is 2. The first-order valence-electron chi connectivity index (χ1n) is 14.0. The van der Waals surface area contributed by atoms with Crippen LogP contribution in [0.1, 0.15) is 25.3 Å². The fourth-order valence-electron chi connectivity index (χ4n) is 4.66. The second kappa shape index (κ2) is 14.0. The van der Waals surface area contributed by atoms with Crippen LogP contribution >= 0.6 is 0 Å². The summed E-state index contributed by atoms with van der Waals surface area (Å²) in [5, 5.41) is 0. The first-order chi connectivity index (χ1) is 20.7. The summed E-state index contributed by atoms with van der Waals surface area (Å²) in [6, 6.07) is 46.8. The van der Waals surface area contributed by atoms with Crippen LogP contribution in [0.15, 0.2) is 138 Å². The van der Waals surface area contributed by atoms with E-state index < -0.39 is 0 Å². The van der Waals surface area contributed by atoms with Crippen LogP contribution in [0.5, 0.6) is 0 Å². The van der Waals surface area contributed by atoms with Gasteiger partial charge in [-0.05, 0) is 47.1 Å². The standard InChI is InChI=1S/C27H21N2O.C11H8N.Ir/c1-18(2)21-13-14-28-24(16-21)22-15-23(19-9-5-3-6-10-19)26-25(17-22)29-27(30-26)20-11-7-4-8-12-20;1-2-6-10(7-3-1)11-8-4-5-9-12-11;/h3-16,18H,1-2H3;1-6,8-9H;/q2*-1;. The molecule has 213 valence electrons. The van der Waals surface area contributed by atoms with Crippen LogP contribution in [0.3, 0.4) is 0 Å². The third-order valence-corrected chi connectivity index (χ3v) is 6.90. The van der Waals surface area contributed by atoms with Gasteiger partial charge < -0.3 is 14.4 Å². The van der Waals surface area contributed by atoms with Crippen molar-refractivity contribution in [3.8, 4) is 45.1 Å². The molecule has 0 aliphatic rings. The van der Waals surface area contributed by atoms with Gasteiger partial charge in [0.25, 0.3) is 0 Å². The van der Waals surface area contributed by atoms with Gasteiger partial charge in [0.1, 0.15) is 0 Å². The topological polar surface area (TPSA) is 51.8 Å². The van der Waals surface area contributed by atoms with Crippen molar-refractivity contribution in [1.82, 2.24) is 15.0 Å². The molecule has 0 aliphatic heterocycles. The monoisotopic (exact) mass is 736 g/mol. The van der Waals surface area contributed by atoms with E-state index in [1.165, 1.54) is 5.56 Å². The molecule has 0 N–H and O–H groups in total. The van der Waals surface area contributed by atoms with Gasteiger partial charge in [0.05, 0.1) is 5.58 Å². The zero-order valence-corrected chi connectivity index (χ0v) is 26.3. The minimum absolute atomic E-state index is 0. The van der Waals surface area contributed by atoms with E-state index in [2.05, 4.69) is 66.3 Å². The minimum Gasteiger partial charge on any atom is -0.484 e. The predicted molar refractivity (Wildman–Crippen MR) is 170 cm³/mol. The summed E-state index contributed by atoms with van der Waals surface area (Å²) in [5.41, 5.74) is 9.53. The van der Waals surface area contributed by atoms with Crippen LogP contribution in [0.4, 0.5) is 0 Å². The van der Waals surface area contributed by atoms with Crippen LogP contribution in [-0.4, -0.2) is 15.0 Å². The van der Waals surface area contributed by atoms with E-state index in [-0.39, 0.29) is 20.1 Å². The second-order valence-corrected chi connectivity index (χ2v) is 10.1. The molecule has 3 aromatic heterocycles. The molecule has 7 aromatic rings. The van der Waals surface area contributed by atoms with Gasteiger partial charge in [0, 0.05) is 43.6 Å². The Morgan fingerprint density at radius 2 is 1.35 bits per heavy atom. The van der Waals surface area contributed by atoms with Crippen molar-refractivity contribution < 1.29 is 24.5 Å². The quantitative estimate of drug-likeness (QED) is 0.165. The molecule has 3 heterocycles. The van der Waals surface area contributed by atoms with Gasteiger partial charge in [-0.3, -0.25) is 0 Å². The number of hydrogen-bond donors (Lipinski definition) is 0. The van der Waals surface area contributed by atoms with Crippen LogP contribution in [0.25, 0.3) is 56.2 Å².